The molecular formula is C21H26INO. The van der Waals surface area contributed by atoms with Gasteiger partial charge in [-0.3, -0.25) is 0 Å². The third kappa shape index (κ3) is 3.41. The molecule has 1 unspecified atom stereocenters. The molecule has 3 rings (SSSR count). The zero-order valence-electron chi connectivity index (χ0n) is 15.3. The Hall–Kier alpha value is -1.23. The second-order valence-electron chi connectivity index (χ2n) is 8.60. The van der Waals surface area contributed by atoms with E-state index in [9.17, 15) is 0 Å². The van der Waals surface area contributed by atoms with Gasteiger partial charge in [0.15, 0.2) is 6.23 Å². The Labute approximate surface area is 159 Å². The number of hydrogen-bond donors (Lipinski definition) is 1. The van der Waals surface area contributed by atoms with Crippen LogP contribution in [0.5, 0.6) is 5.75 Å². The lowest BCUT2D eigenvalue weighted by molar-refractivity contribution is 0.254. The minimum absolute atomic E-state index is 0.0347. The molecule has 0 saturated heterocycles. The van der Waals surface area contributed by atoms with Crippen LogP contribution in [-0.4, -0.2) is 0 Å². The molecule has 0 aliphatic carbocycles. The summed E-state index contributed by atoms with van der Waals surface area (Å²) in [6.07, 6.45) is -0.119. The van der Waals surface area contributed by atoms with Crippen molar-refractivity contribution in [2.45, 2.75) is 58.6 Å². The van der Waals surface area contributed by atoms with Crippen LogP contribution in [0, 0.1) is 3.57 Å². The third-order valence-electron chi connectivity index (χ3n) is 4.44. The lowest BCUT2D eigenvalue weighted by Gasteiger charge is -2.26. The maximum Gasteiger partial charge on any atom is 0.196 e. The predicted molar refractivity (Wildman–Crippen MR) is 110 cm³/mol. The first-order chi connectivity index (χ1) is 11.1. The molecule has 1 aliphatic rings. The number of fused-ring (bicyclic) bond motifs is 1. The fourth-order valence-corrected chi connectivity index (χ4v) is 3.53. The summed E-state index contributed by atoms with van der Waals surface area (Å²) in [4.78, 5) is 0. The maximum absolute atomic E-state index is 6.36. The number of ether oxygens (including phenoxy) is 1. The van der Waals surface area contributed by atoms with E-state index in [1.54, 1.807) is 0 Å². The molecular weight excluding hydrogens is 409 g/mol. The molecule has 2 nitrogen and oxygen atoms in total. The van der Waals surface area contributed by atoms with E-state index in [0.717, 1.165) is 17.0 Å². The summed E-state index contributed by atoms with van der Waals surface area (Å²) >= 11 is 2.34. The molecule has 3 heteroatoms. The van der Waals surface area contributed by atoms with E-state index in [0.29, 0.717) is 0 Å². The molecule has 0 amide bonds. The number of nitrogens with one attached hydrogen (secondary N) is 1. The zero-order valence-corrected chi connectivity index (χ0v) is 17.5. The topological polar surface area (TPSA) is 21.3 Å². The van der Waals surface area contributed by atoms with Crippen LogP contribution in [0.15, 0.2) is 36.4 Å². The average molecular weight is 435 g/mol. The molecule has 0 radical (unpaired) electrons. The van der Waals surface area contributed by atoms with Crippen LogP contribution in [0.25, 0.3) is 0 Å². The van der Waals surface area contributed by atoms with Crippen LogP contribution < -0.4 is 10.1 Å². The molecule has 1 N–H and O–H groups in total. The Kier molecular flexibility index (Phi) is 4.35. The average Bonchev–Trinajstić information content (AvgIpc) is 2.88. The van der Waals surface area contributed by atoms with E-state index in [-0.39, 0.29) is 17.1 Å². The van der Waals surface area contributed by atoms with Crippen molar-refractivity contribution in [2.75, 3.05) is 5.32 Å². The van der Waals surface area contributed by atoms with Crippen molar-refractivity contribution in [3.05, 3.63) is 56.7 Å². The number of benzene rings is 2. The van der Waals surface area contributed by atoms with Crippen LogP contribution in [0.4, 0.5) is 5.69 Å². The Balaban J connectivity index is 2.07. The standard InChI is InChI=1S/C21H26INO/c1-20(2,3)14-11-16(21(4,5)6)18-17(12-14)23-19(24-18)13-8-7-9-15(22)10-13/h7-12,19,23H,1-6H3. The molecule has 1 heterocycles. The number of halogens is 1. The van der Waals surface area contributed by atoms with Gasteiger partial charge in [0.25, 0.3) is 0 Å². The van der Waals surface area contributed by atoms with Gasteiger partial charge in [0, 0.05) is 14.7 Å². The van der Waals surface area contributed by atoms with Gasteiger partial charge in [-0.1, -0.05) is 59.7 Å². The van der Waals surface area contributed by atoms with Crippen molar-refractivity contribution in [3.63, 3.8) is 0 Å². The largest absolute Gasteiger partial charge is 0.464 e. The monoisotopic (exact) mass is 435 g/mol. The predicted octanol–water partition coefficient (Wildman–Crippen LogP) is 6.39. The van der Waals surface area contributed by atoms with Gasteiger partial charge in [0.2, 0.25) is 0 Å². The van der Waals surface area contributed by atoms with E-state index in [4.69, 9.17) is 4.74 Å². The highest BCUT2D eigenvalue weighted by Gasteiger charge is 2.32. The SMILES string of the molecule is CC(C)(C)c1cc2c(c(C(C)(C)C)c1)OC(c1cccc(I)c1)N2. The first-order valence-corrected chi connectivity index (χ1v) is 9.51. The van der Waals surface area contributed by atoms with Crippen molar-refractivity contribution in [3.8, 4) is 5.75 Å². The normalized spacial score (nSPS) is 17.2. The Morgan fingerprint density at radius 1 is 0.958 bits per heavy atom. The second-order valence-corrected chi connectivity index (χ2v) is 9.84. The Bertz CT molecular complexity index is 768. The summed E-state index contributed by atoms with van der Waals surface area (Å²) in [6.45, 7) is 13.5. The summed E-state index contributed by atoms with van der Waals surface area (Å²) in [5, 5.41) is 3.58. The molecule has 0 aromatic heterocycles. The summed E-state index contributed by atoms with van der Waals surface area (Å²) in [7, 11) is 0. The highest BCUT2D eigenvalue weighted by molar-refractivity contribution is 14.1. The first-order valence-electron chi connectivity index (χ1n) is 8.43. The van der Waals surface area contributed by atoms with Crippen molar-refractivity contribution in [2.24, 2.45) is 0 Å². The highest BCUT2D eigenvalue weighted by atomic mass is 127. The van der Waals surface area contributed by atoms with Crippen LogP contribution in [0.1, 0.15) is 64.5 Å². The summed E-state index contributed by atoms with van der Waals surface area (Å²) < 4.78 is 7.58. The lowest BCUT2D eigenvalue weighted by atomic mass is 9.80. The van der Waals surface area contributed by atoms with E-state index < -0.39 is 0 Å². The van der Waals surface area contributed by atoms with Gasteiger partial charge in [0.05, 0.1) is 5.69 Å². The van der Waals surface area contributed by atoms with Crippen molar-refractivity contribution in [1.82, 2.24) is 0 Å². The summed E-state index contributed by atoms with van der Waals surface area (Å²) in [5.74, 6) is 0.999. The highest BCUT2D eigenvalue weighted by Crippen LogP contribution is 2.47. The second kappa shape index (κ2) is 5.94. The minimum Gasteiger partial charge on any atom is -0.464 e. The number of anilines is 1. The summed E-state index contributed by atoms with van der Waals surface area (Å²) in [6, 6.07) is 13.0. The zero-order chi connectivity index (χ0) is 17.7. The molecule has 1 aliphatic heterocycles. The van der Waals surface area contributed by atoms with E-state index in [2.05, 4.69) is 106 Å². The van der Waals surface area contributed by atoms with Gasteiger partial charge in [0.1, 0.15) is 5.75 Å². The minimum atomic E-state index is -0.119. The van der Waals surface area contributed by atoms with Gasteiger partial charge >= 0.3 is 0 Å². The van der Waals surface area contributed by atoms with E-state index >= 15 is 0 Å². The fourth-order valence-electron chi connectivity index (χ4n) is 2.96. The molecule has 128 valence electrons. The molecule has 1 atom stereocenters. The Morgan fingerprint density at radius 3 is 2.25 bits per heavy atom. The maximum atomic E-state index is 6.36. The van der Waals surface area contributed by atoms with Crippen LogP contribution in [0.3, 0.4) is 0 Å². The quantitative estimate of drug-likeness (QED) is 0.524. The van der Waals surface area contributed by atoms with Crippen LogP contribution in [-0.2, 0) is 10.8 Å². The molecule has 24 heavy (non-hydrogen) atoms. The van der Waals surface area contributed by atoms with E-state index in [1.807, 2.05) is 0 Å². The summed E-state index contributed by atoms with van der Waals surface area (Å²) in [5.41, 5.74) is 5.02. The molecule has 0 saturated carbocycles. The number of rotatable bonds is 1. The number of hydrogen-bond acceptors (Lipinski definition) is 2. The lowest BCUT2D eigenvalue weighted by Crippen LogP contribution is -2.17. The van der Waals surface area contributed by atoms with Crippen molar-refractivity contribution < 1.29 is 4.74 Å². The van der Waals surface area contributed by atoms with Crippen molar-refractivity contribution in [1.29, 1.82) is 0 Å². The molecule has 0 bridgehead atoms. The molecule has 0 fully saturated rings. The molecule has 2 aromatic rings. The third-order valence-corrected chi connectivity index (χ3v) is 5.11. The van der Waals surface area contributed by atoms with Gasteiger partial charge in [-0.25, -0.2) is 0 Å². The van der Waals surface area contributed by atoms with E-state index in [1.165, 1.54) is 14.7 Å². The fraction of sp³-hybridized carbons (Fsp3) is 0.429. The van der Waals surface area contributed by atoms with Crippen molar-refractivity contribution >= 4 is 28.3 Å². The van der Waals surface area contributed by atoms with Gasteiger partial charge < -0.3 is 10.1 Å². The van der Waals surface area contributed by atoms with Crippen LogP contribution >= 0.6 is 22.6 Å². The molecule has 0 spiro atoms. The molecule has 2 aromatic carbocycles. The first kappa shape index (κ1) is 17.6. The Morgan fingerprint density at radius 2 is 1.67 bits per heavy atom. The van der Waals surface area contributed by atoms with Crippen LogP contribution in [0.2, 0.25) is 0 Å². The van der Waals surface area contributed by atoms with Gasteiger partial charge in [-0.15, -0.1) is 0 Å². The van der Waals surface area contributed by atoms with Gasteiger partial charge in [-0.2, -0.15) is 0 Å². The smallest absolute Gasteiger partial charge is 0.196 e. The van der Waals surface area contributed by atoms with Gasteiger partial charge in [-0.05, 0) is 57.2 Å².